The first-order valence-electron chi connectivity index (χ1n) is 6.15. The van der Waals surface area contributed by atoms with Crippen LogP contribution in [0.3, 0.4) is 0 Å². The summed E-state index contributed by atoms with van der Waals surface area (Å²) in [7, 11) is 0. The van der Waals surface area contributed by atoms with Crippen LogP contribution in [0.5, 0.6) is 0 Å². The zero-order valence-corrected chi connectivity index (χ0v) is 10.5. The van der Waals surface area contributed by atoms with Crippen LogP contribution in [0.2, 0.25) is 0 Å². The van der Waals surface area contributed by atoms with E-state index < -0.39 is 0 Å². The van der Waals surface area contributed by atoms with Crippen LogP contribution in [0, 0.1) is 5.82 Å². The molecular weight excluding hydrogens is 259 g/mol. The van der Waals surface area contributed by atoms with Gasteiger partial charge in [0.1, 0.15) is 12.1 Å². The SMILES string of the molecule is O=C1CCC(c2ccc(-c3cncnc3)c(F)c2)=NN1. The molecule has 0 bridgehead atoms. The van der Waals surface area contributed by atoms with Crippen molar-refractivity contribution in [2.24, 2.45) is 5.10 Å². The average molecular weight is 270 g/mol. The lowest BCUT2D eigenvalue weighted by Gasteiger charge is -2.13. The molecule has 2 heterocycles. The van der Waals surface area contributed by atoms with E-state index in [9.17, 15) is 9.18 Å². The first-order valence-corrected chi connectivity index (χ1v) is 6.15. The van der Waals surface area contributed by atoms with Crippen LogP contribution in [0.25, 0.3) is 11.1 Å². The number of hydrogen-bond acceptors (Lipinski definition) is 4. The van der Waals surface area contributed by atoms with Crippen molar-refractivity contribution in [1.29, 1.82) is 0 Å². The summed E-state index contributed by atoms with van der Waals surface area (Å²) in [5.41, 5.74) is 4.81. The number of aromatic nitrogens is 2. The molecule has 3 rings (SSSR count). The first-order chi connectivity index (χ1) is 9.74. The predicted octanol–water partition coefficient (Wildman–Crippen LogP) is 1.90. The Morgan fingerprint density at radius 3 is 2.55 bits per heavy atom. The third-order valence-electron chi connectivity index (χ3n) is 3.08. The zero-order valence-electron chi connectivity index (χ0n) is 10.5. The normalized spacial score (nSPS) is 14.7. The third kappa shape index (κ3) is 2.40. The van der Waals surface area contributed by atoms with Crippen LogP contribution in [-0.4, -0.2) is 21.6 Å². The Morgan fingerprint density at radius 1 is 1.10 bits per heavy atom. The molecule has 2 aromatic rings. The van der Waals surface area contributed by atoms with Gasteiger partial charge in [-0.05, 0) is 6.07 Å². The van der Waals surface area contributed by atoms with Gasteiger partial charge in [-0.1, -0.05) is 12.1 Å². The van der Waals surface area contributed by atoms with Gasteiger partial charge in [0.2, 0.25) is 5.91 Å². The standard InChI is InChI=1S/C14H11FN4O/c15-12-5-9(13-3-4-14(20)19-18-13)1-2-11(12)10-6-16-8-17-7-10/h1-2,5-8H,3-4H2,(H,19,20). The van der Waals surface area contributed by atoms with Gasteiger partial charge < -0.3 is 0 Å². The number of amides is 1. The van der Waals surface area contributed by atoms with E-state index >= 15 is 0 Å². The topological polar surface area (TPSA) is 67.2 Å². The highest BCUT2D eigenvalue weighted by Gasteiger charge is 2.15. The molecule has 6 heteroatoms. The van der Waals surface area contributed by atoms with Crippen molar-refractivity contribution in [1.82, 2.24) is 15.4 Å². The van der Waals surface area contributed by atoms with Gasteiger partial charge in [-0.25, -0.2) is 19.8 Å². The van der Waals surface area contributed by atoms with E-state index in [0.717, 1.165) is 0 Å². The van der Waals surface area contributed by atoms with Crippen LogP contribution in [-0.2, 0) is 4.79 Å². The van der Waals surface area contributed by atoms with Gasteiger partial charge in [0.15, 0.2) is 0 Å². The maximum Gasteiger partial charge on any atom is 0.240 e. The highest BCUT2D eigenvalue weighted by Crippen LogP contribution is 2.23. The fraction of sp³-hybridized carbons (Fsp3) is 0.143. The van der Waals surface area contributed by atoms with Crippen molar-refractivity contribution in [3.05, 3.63) is 48.3 Å². The largest absolute Gasteiger partial charge is 0.273 e. The summed E-state index contributed by atoms with van der Waals surface area (Å²) in [6.07, 6.45) is 5.40. The third-order valence-corrected chi connectivity index (χ3v) is 3.08. The van der Waals surface area contributed by atoms with Crippen LogP contribution < -0.4 is 5.43 Å². The van der Waals surface area contributed by atoms with Gasteiger partial charge in [0.25, 0.3) is 0 Å². The second-order valence-electron chi connectivity index (χ2n) is 4.42. The molecule has 0 spiro atoms. The maximum absolute atomic E-state index is 14.2. The fourth-order valence-corrected chi connectivity index (χ4v) is 2.05. The smallest absolute Gasteiger partial charge is 0.240 e. The minimum absolute atomic E-state index is 0.118. The van der Waals surface area contributed by atoms with Crippen LogP contribution >= 0.6 is 0 Å². The van der Waals surface area contributed by atoms with E-state index in [1.807, 2.05) is 0 Å². The highest BCUT2D eigenvalue weighted by atomic mass is 19.1. The maximum atomic E-state index is 14.2. The molecule has 1 aromatic heterocycles. The summed E-state index contributed by atoms with van der Waals surface area (Å²) in [5.74, 6) is -0.482. The summed E-state index contributed by atoms with van der Waals surface area (Å²) < 4.78 is 14.2. The molecule has 100 valence electrons. The number of carbonyl (C=O) groups is 1. The molecule has 0 saturated carbocycles. The Hall–Kier alpha value is -2.63. The number of nitrogens with one attached hydrogen (secondary N) is 1. The number of benzene rings is 1. The highest BCUT2D eigenvalue weighted by molar-refractivity contribution is 6.04. The van der Waals surface area contributed by atoms with Crippen molar-refractivity contribution >= 4 is 11.6 Å². The van der Waals surface area contributed by atoms with Crippen molar-refractivity contribution < 1.29 is 9.18 Å². The molecule has 0 aliphatic carbocycles. The van der Waals surface area contributed by atoms with Gasteiger partial charge >= 0.3 is 0 Å². The molecule has 0 fully saturated rings. The number of hydrazone groups is 1. The van der Waals surface area contributed by atoms with Crippen LogP contribution in [0.4, 0.5) is 4.39 Å². The number of halogens is 1. The van der Waals surface area contributed by atoms with E-state index in [1.165, 1.54) is 12.4 Å². The Labute approximate surface area is 114 Å². The van der Waals surface area contributed by atoms with E-state index in [2.05, 4.69) is 20.5 Å². The lowest BCUT2D eigenvalue weighted by Crippen LogP contribution is -2.25. The molecule has 0 saturated heterocycles. The van der Waals surface area contributed by atoms with E-state index in [4.69, 9.17) is 0 Å². The van der Waals surface area contributed by atoms with Gasteiger partial charge in [0, 0.05) is 41.9 Å². The Morgan fingerprint density at radius 2 is 1.90 bits per heavy atom. The quantitative estimate of drug-likeness (QED) is 0.906. The van der Waals surface area contributed by atoms with E-state index in [0.29, 0.717) is 35.2 Å². The fourth-order valence-electron chi connectivity index (χ4n) is 2.05. The Bertz CT molecular complexity index is 685. The van der Waals surface area contributed by atoms with Crippen molar-refractivity contribution in [3.63, 3.8) is 0 Å². The summed E-state index contributed by atoms with van der Waals surface area (Å²) in [6.45, 7) is 0. The Balaban J connectivity index is 1.94. The molecule has 0 radical (unpaired) electrons. The zero-order chi connectivity index (χ0) is 13.9. The van der Waals surface area contributed by atoms with Gasteiger partial charge in [-0.3, -0.25) is 4.79 Å². The Kier molecular flexibility index (Phi) is 3.20. The minimum Gasteiger partial charge on any atom is -0.273 e. The second kappa shape index (κ2) is 5.16. The number of nitrogens with zero attached hydrogens (tertiary/aromatic N) is 3. The average Bonchev–Trinajstić information content (AvgIpc) is 2.49. The van der Waals surface area contributed by atoms with Crippen LogP contribution in [0.1, 0.15) is 18.4 Å². The molecule has 1 aliphatic heterocycles. The van der Waals surface area contributed by atoms with E-state index in [1.54, 1.807) is 24.5 Å². The van der Waals surface area contributed by atoms with Gasteiger partial charge in [-0.2, -0.15) is 5.10 Å². The first kappa shape index (κ1) is 12.4. The molecule has 1 amide bonds. The predicted molar refractivity (Wildman–Crippen MR) is 71.3 cm³/mol. The monoisotopic (exact) mass is 270 g/mol. The van der Waals surface area contributed by atoms with Gasteiger partial charge in [-0.15, -0.1) is 0 Å². The molecule has 1 aromatic carbocycles. The molecule has 1 aliphatic rings. The summed E-state index contributed by atoms with van der Waals surface area (Å²) in [5, 5.41) is 3.95. The summed E-state index contributed by atoms with van der Waals surface area (Å²) >= 11 is 0. The molecule has 0 unspecified atom stereocenters. The molecule has 0 atom stereocenters. The van der Waals surface area contributed by atoms with Crippen LogP contribution in [0.15, 0.2) is 42.0 Å². The second-order valence-corrected chi connectivity index (χ2v) is 4.42. The number of hydrogen-bond donors (Lipinski definition) is 1. The van der Waals surface area contributed by atoms with Crippen molar-refractivity contribution in [3.8, 4) is 11.1 Å². The van der Waals surface area contributed by atoms with Gasteiger partial charge in [0.05, 0.1) is 5.71 Å². The lowest BCUT2D eigenvalue weighted by molar-refractivity contribution is -0.121. The van der Waals surface area contributed by atoms with Crippen molar-refractivity contribution in [2.75, 3.05) is 0 Å². The minimum atomic E-state index is -0.364. The lowest BCUT2D eigenvalue weighted by atomic mass is 10.0. The molecule has 20 heavy (non-hydrogen) atoms. The van der Waals surface area contributed by atoms with E-state index in [-0.39, 0.29) is 11.7 Å². The summed E-state index contributed by atoms with van der Waals surface area (Å²) in [6, 6.07) is 4.86. The van der Waals surface area contributed by atoms with Crippen molar-refractivity contribution in [2.45, 2.75) is 12.8 Å². The molecule has 1 N–H and O–H groups in total. The molecule has 5 nitrogen and oxygen atoms in total. The number of carbonyl (C=O) groups excluding carboxylic acids is 1. The summed E-state index contributed by atoms with van der Waals surface area (Å²) in [4.78, 5) is 18.8. The number of rotatable bonds is 2. The molecular formula is C14H11FN4O.